The Kier molecular flexibility index (Phi) is 11.7. The van der Waals surface area contributed by atoms with E-state index in [9.17, 15) is 0 Å². The van der Waals surface area contributed by atoms with Crippen LogP contribution >= 0.6 is 0 Å². The van der Waals surface area contributed by atoms with E-state index in [1.54, 1.807) is 0 Å². The van der Waals surface area contributed by atoms with Crippen molar-refractivity contribution in [1.29, 1.82) is 0 Å². The zero-order valence-electron chi connectivity index (χ0n) is 52.7. The maximum Gasteiger partial charge on any atom is 0.252 e. The number of piperidine rings is 2. The van der Waals surface area contributed by atoms with Gasteiger partial charge in [0.15, 0.2) is 0 Å². The van der Waals surface area contributed by atoms with Gasteiger partial charge in [0, 0.05) is 97.4 Å². The Hall–Kier alpha value is -11.0. The molecule has 6 aliphatic heterocycles. The molecule has 9 aliphatic rings. The Balaban J connectivity index is 0.879. The van der Waals surface area contributed by atoms with Gasteiger partial charge in [-0.1, -0.05) is 224 Å². The average Bonchev–Trinajstić information content (AvgIpc) is 0.750. The highest BCUT2D eigenvalue weighted by molar-refractivity contribution is 7.03. The van der Waals surface area contributed by atoms with Gasteiger partial charge in [-0.15, -0.1) is 0 Å². The molecule has 2 saturated carbocycles. The van der Waals surface area contributed by atoms with Crippen molar-refractivity contribution in [2.24, 2.45) is 11.8 Å². The topological polar surface area (TPSA) is 16.2 Å². The molecule has 0 N–H and O–H groups in total. The molecule has 0 unspecified atom stereocenters. The highest BCUT2D eigenvalue weighted by Crippen LogP contribution is 2.57. The maximum absolute atomic E-state index is 2.92. The Morgan fingerprint density at radius 2 is 0.642 bits per heavy atom. The first kappa shape index (κ1) is 53.5. The first-order valence-corrected chi connectivity index (χ1v) is 34.4. The average molecular weight is 1210 g/mol. The van der Waals surface area contributed by atoms with Crippen LogP contribution in [0.2, 0.25) is 0 Å². The van der Waals surface area contributed by atoms with Crippen LogP contribution in [-0.4, -0.2) is 25.5 Å². The minimum absolute atomic E-state index is 0.0255. The summed E-state index contributed by atoms with van der Waals surface area (Å²) in [5.41, 5.74) is 34.9. The lowest BCUT2D eigenvalue weighted by Crippen LogP contribution is -2.65. The van der Waals surface area contributed by atoms with Gasteiger partial charge in [-0.3, -0.25) is 0 Å². The third kappa shape index (κ3) is 7.87. The molecule has 6 heterocycles. The number of fused-ring (bicyclic) bond motifs is 11. The zero-order valence-corrected chi connectivity index (χ0v) is 52.7. The number of hydrogen-bond acceptors (Lipinski definition) is 5. The third-order valence-electron chi connectivity index (χ3n) is 22.9. The molecule has 4 fully saturated rings. The molecule has 3 aliphatic carbocycles. The van der Waals surface area contributed by atoms with Gasteiger partial charge in [0.05, 0.1) is 5.69 Å². The van der Waals surface area contributed by atoms with Crippen molar-refractivity contribution < 1.29 is 0 Å². The molecule has 7 heteroatoms. The summed E-state index contributed by atoms with van der Waals surface area (Å²) < 4.78 is 0. The molecule has 5 nitrogen and oxygen atoms in total. The molecule has 0 amide bonds. The lowest BCUT2D eigenvalue weighted by Gasteiger charge is -2.58. The molecule has 0 atom stereocenters. The molecule has 95 heavy (non-hydrogen) atoms. The lowest BCUT2D eigenvalue weighted by molar-refractivity contribution is 0.0900. The van der Waals surface area contributed by atoms with Gasteiger partial charge in [0.1, 0.15) is 0 Å². The fourth-order valence-corrected chi connectivity index (χ4v) is 19.5. The van der Waals surface area contributed by atoms with Gasteiger partial charge < -0.3 is 24.5 Å². The third-order valence-corrected chi connectivity index (χ3v) is 22.9. The van der Waals surface area contributed by atoms with E-state index < -0.39 is 0 Å². The fourth-order valence-electron chi connectivity index (χ4n) is 19.5. The predicted molar refractivity (Wildman–Crippen MR) is 398 cm³/mol. The van der Waals surface area contributed by atoms with E-state index in [1.807, 2.05) is 0 Å². The van der Waals surface area contributed by atoms with Crippen molar-refractivity contribution in [1.82, 2.24) is 0 Å². The number of anilines is 13. The van der Waals surface area contributed by atoms with E-state index in [0.717, 1.165) is 23.2 Å². The van der Waals surface area contributed by atoms with Crippen LogP contribution in [-0.2, 0) is 0 Å². The molecule has 448 valence electrons. The number of benzene rings is 13. The van der Waals surface area contributed by atoms with E-state index in [4.69, 9.17) is 0 Å². The Morgan fingerprint density at radius 1 is 0.263 bits per heavy atom. The number of para-hydroxylation sites is 6. The predicted octanol–water partition coefficient (Wildman–Crippen LogP) is 18.1. The molecular weight excluding hydrogens is 1150 g/mol. The second-order valence-corrected chi connectivity index (χ2v) is 27.8. The van der Waals surface area contributed by atoms with E-state index >= 15 is 0 Å². The molecule has 13 aromatic rings. The summed E-state index contributed by atoms with van der Waals surface area (Å²) in [6.07, 6.45) is 6.58. The van der Waals surface area contributed by atoms with Crippen molar-refractivity contribution in [2.75, 3.05) is 24.5 Å². The monoisotopic (exact) mass is 1210 g/mol. The van der Waals surface area contributed by atoms with Gasteiger partial charge in [0.25, 0.3) is 13.4 Å². The smallest absolute Gasteiger partial charge is 0.252 e. The van der Waals surface area contributed by atoms with Crippen LogP contribution in [0.5, 0.6) is 0 Å². The number of hydrogen-bond donors (Lipinski definition) is 0. The summed E-state index contributed by atoms with van der Waals surface area (Å²) in [5, 5.41) is 0. The van der Waals surface area contributed by atoms with Gasteiger partial charge in [-0.25, -0.2) is 0 Å². The van der Waals surface area contributed by atoms with Crippen molar-refractivity contribution in [3.05, 3.63) is 320 Å². The lowest BCUT2D eigenvalue weighted by atomic mass is 9.30. The summed E-state index contributed by atoms with van der Waals surface area (Å²) in [5.74, 6) is 1.65. The second kappa shape index (κ2) is 20.7. The van der Waals surface area contributed by atoms with Gasteiger partial charge >= 0.3 is 0 Å². The van der Waals surface area contributed by atoms with Crippen molar-refractivity contribution in [3.8, 4) is 33.4 Å². The van der Waals surface area contributed by atoms with Crippen molar-refractivity contribution >= 4 is 120 Å². The Labute approximate surface area is 556 Å². The quantitative estimate of drug-likeness (QED) is 0.141. The van der Waals surface area contributed by atoms with Crippen LogP contribution in [0.1, 0.15) is 54.7 Å². The van der Waals surface area contributed by atoms with Crippen LogP contribution in [0.3, 0.4) is 0 Å². The van der Waals surface area contributed by atoms with Crippen LogP contribution in [0.15, 0.2) is 303 Å². The van der Waals surface area contributed by atoms with Gasteiger partial charge in [-0.2, -0.15) is 0 Å². The second-order valence-electron chi connectivity index (χ2n) is 27.8. The molecule has 13 aromatic carbocycles. The summed E-state index contributed by atoms with van der Waals surface area (Å²) in [4.78, 5) is 13.6. The zero-order chi connectivity index (χ0) is 62.0. The van der Waals surface area contributed by atoms with Crippen LogP contribution in [0, 0.1) is 11.8 Å². The standard InChI is InChI=1S/C88H65B2N5/c1-6-25-58(26-7-1)67-39-24-40-68(59-27-8-2-9-28-59)88(67)95-78-44-23-21-42-74(78)90-75-54-76-80(55-79(75)93(62-31-12-4-13-32-62)81-50-60(51-82(95)86(81)90)85-71-37-18-16-35-69(71)70-36-17-19-38-72(70)85)94(63-33-14-5-15-34-63)84-53-66(91-64-46-56-45-57(48-64)49-65(91)47-56)52-83-87(84)89(76)73-41-20-22-43-77(73)92(83)61-29-10-3-11-30-61/h1-44,50-57,64-65,85H,45-49H2. The first-order valence-electron chi connectivity index (χ1n) is 34.4. The van der Waals surface area contributed by atoms with Gasteiger partial charge in [0.2, 0.25) is 0 Å². The normalized spacial score (nSPS) is 18.5. The highest BCUT2D eigenvalue weighted by Gasteiger charge is 2.52. The molecule has 0 radical (unpaired) electrons. The molecule has 22 rings (SSSR count). The summed E-state index contributed by atoms with van der Waals surface area (Å²) >= 11 is 0. The highest BCUT2D eigenvalue weighted by atomic mass is 15.2. The fraction of sp³-hybridized carbons (Fsp3) is 0.114. The SMILES string of the molecule is c1ccc(-c2cccc(-c3ccccc3)c2N2c3ccccc3B3c4cc5c(cc4N(c4ccccc4)c4cc(C6c7ccccc7-c7ccccc76)cc2c43)N(c2ccccc2)c2cc(N3C4CC6CC(C4)CC3C6)cc3c2B5c2ccccc2N3c2ccccc2)cc1. The summed E-state index contributed by atoms with van der Waals surface area (Å²) in [6, 6.07) is 117. The summed E-state index contributed by atoms with van der Waals surface area (Å²) in [6.45, 7) is -0.247. The molecule has 0 aromatic heterocycles. The Morgan fingerprint density at radius 3 is 1.13 bits per heavy atom. The van der Waals surface area contributed by atoms with Gasteiger partial charge in [-0.05, 0) is 195 Å². The minimum atomic E-state index is -0.160. The van der Waals surface area contributed by atoms with Crippen molar-refractivity contribution in [2.45, 2.75) is 50.1 Å². The summed E-state index contributed by atoms with van der Waals surface area (Å²) in [7, 11) is 0. The van der Waals surface area contributed by atoms with E-state index in [0.29, 0.717) is 12.1 Å². The molecule has 2 saturated heterocycles. The first-order chi connectivity index (χ1) is 47.1. The van der Waals surface area contributed by atoms with E-state index in [1.165, 1.54) is 178 Å². The van der Waals surface area contributed by atoms with E-state index in [2.05, 4.69) is 328 Å². The van der Waals surface area contributed by atoms with Crippen molar-refractivity contribution in [3.63, 3.8) is 0 Å². The van der Waals surface area contributed by atoms with Crippen LogP contribution in [0.25, 0.3) is 33.4 Å². The van der Waals surface area contributed by atoms with Crippen LogP contribution < -0.4 is 57.3 Å². The Bertz CT molecular complexity index is 5140. The maximum atomic E-state index is 2.92. The number of nitrogens with zero attached hydrogens (tertiary/aromatic N) is 5. The van der Waals surface area contributed by atoms with E-state index in [-0.39, 0.29) is 19.3 Å². The molecule has 0 spiro atoms. The minimum Gasteiger partial charge on any atom is -0.365 e. The molecule has 4 bridgehead atoms. The number of rotatable bonds is 8. The van der Waals surface area contributed by atoms with Crippen LogP contribution in [0.4, 0.5) is 73.9 Å². The largest absolute Gasteiger partial charge is 0.365 e. The molecular formula is C88H65B2N5.